The lowest BCUT2D eigenvalue weighted by molar-refractivity contribution is 0.156. The van der Waals surface area contributed by atoms with E-state index in [-0.39, 0.29) is 0 Å². The molecule has 1 aromatic rings. The summed E-state index contributed by atoms with van der Waals surface area (Å²) in [7, 11) is 0. The molecule has 1 N–H and O–H groups in total. The van der Waals surface area contributed by atoms with E-state index in [9.17, 15) is 0 Å². The minimum Gasteiger partial charge on any atom is -0.381 e. The number of rotatable bonds is 5. The molecule has 154 valence electrons. The predicted molar refractivity (Wildman–Crippen MR) is 115 cm³/mol. The maximum absolute atomic E-state index is 5.71. The molecule has 5 nitrogen and oxygen atoms in total. The van der Waals surface area contributed by atoms with Gasteiger partial charge in [-0.15, -0.1) is 0 Å². The van der Waals surface area contributed by atoms with Gasteiger partial charge in [-0.05, 0) is 58.2 Å². The highest BCUT2D eigenvalue weighted by atomic mass is 16.5. The third-order valence-electron chi connectivity index (χ3n) is 6.72. The number of aliphatic imine (C=N–C) groups is 1. The minimum absolute atomic E-state index is 0.363. The number of benzene rings is 1. The Morgan fingerprint density at radius 1 is 1.18 bits per heavy atom. The normalized spacial score (nSPS) is 27.1. The van der Waals surface area contributed by atoms with E-state index in [0.717, 1.165) is 45.4 Å². The zero-order valence-electron chi connectivity index (χ0n) is 17.6. The summed E-state index contributed by atoms with van der Waals surface area (Å²) in [6.45, 7) is 12.5. The van der Waals surface area contributed by atoms with Crippen molar-refractivity contribution in [2.75, 3.05) is 52.5 Å². The Labute approximate surface area is 170 Å². The van der Waals surface area contributed by atoms with E-state index in [2.05, 4.69) is 53.2 Å². The van der Waals surface area contributed by atoms with Gasteiger partial charge in [-0.2, -0.15) is 0 Å². The number of hydrogen-bond donors (Lipinski definition) is 1. The standard InChI is InChI=1S/C23H36N4O/c1-3-24-22(27-14-10-23(17-27)11-15-28-18-23)25-16-21(26-12-4-5-13-26)20-8-6-19(2)7-9-20/h6-9,21H,3-5,10-18H2,1-2H3,(H,24,25). The number of guanidine groups is 1. The number of nitrogens with zero attached hydrogens (tertiary/aromatic N) is 3. The van der Waals surface area contributed by atoms with Crippen LogP contribution in [-0.4, -0.2) is 68.2 Å². The number of hydrogen-bond acceptors (Lipinski definition) is 3. The van der Waals surface area contributed by atoms with Crippen LogP contribution in [0, 0.1) is 12.3 Å². The van der Waals surface area contributed by atoms with Gasteiger partial charge in [-0.3, -0.25) is 9.89 Å². The SMILES string of the molecule is CCNC(=NCC(c1ccc(C)cc1)N1CCCC1)N1CCC2(CCOC2)C1. The molecular formula is C23H36N4O. The van der Waals surface area contributed by atoms with Crippen molar-refractivity contribution in [1.29, 1.82) is 0 Å². The third kappa shape index (κ3) is 4.36. The van der Waals surface area contributed by atoms with Crippen molar-refractivity contribution in [3.8, 4) is 0 Å². The van der Waals surface area contributed by atoms with Crippen molar-refractivity contribution in [2.45, 2.75) is 45.6 Å². The van der Waals surface area contributed by atoms with E-state index < -0.39 is 0 Å². The molecule has 0 radical (unpaired) electrons. The van der Waals surface area contributed by atoms with Gasteiger partial charge in [-0.25, -0.2) is 0 Å². The van der Waals surface area contributed by atoms with Crippen LogP contribution >= 0.6 is 0 Å². The largest absolute Gasteiger partial charge is 0.381 e. The van der Waals surface area contributed by atoms with Crippen LogP contribution in [0.4, 0.5) is 0 Å². The lowest BCUT2D eigenvalue weighted by atomic mass is 9.87. The maximum Gasteiger partial charge on any atom is 0.194 e. The van der Waals surface area contributed by atoms with Crippen LogP contribution in [0.3, 0.4) is 0 Å². The number of aryl methyl sites for hydroxylation is 1. The van der Waals surface area contributed by atoms with Gasteiger partial charge in [0.05, 0.1) is 19.2 Å². The summed E-state index contributed by atoms with van der Waals surface area (Å²) in [5.74, 6) is 1.09. The zero-order chi connectivity index (χ0) is 19.4. The molecule has 0 amide bonds. The highest BCUT2D eigenvalue weighted by Crippen LogP contribution is 2.38. The van der Waals surface area contributed by atoms with Crippen LogP contribution < -0.4 is 5.32 Å². The molecule has 3 heterocycles. The molecule has 3 aliphatic rings. The van der Waals surface area contributed by atoms with E-state index >= 15 is 0 Å². The Morgan fingerprint density at radius 3 is 2.64 bits per heavy atom. The molecular weight excluding hydrogens is 348 g/mol. The molecule has 2 unspecified atom stereocenters. The fourth-order valence-corrected chi connectivity index (χ4v) is 4.96. The zero-order valence-corrected chi connectivity index (χ0v) is 17.6. The van der Waals surface area contributed by atoms with Gasteiger partial charge in [0.15, 0.2) is 5.96 Å². The lowest BCUT2D eigenvalue weighted by Gasteiger charge is -2.29. The average Bonchev–Trinajstić information content (AvgIpc) is 3.46. The molecule has 0 aromatic heterocycles. The van der Waals surface area contributed by atoms with E-state index in [0.29, 0.717) is 11.5 Å². The van der Waals surface area contributed by atoms with Gasteiger partial charge in [0.2, 0.25) is 0 Å². The summed E-state index contributed by atoms with van der Waals surface area (Å²) in [6, 6.07) is 9.43. The lowest BCUT2D eigenvalue weighted by Crippen LogP contribution is -2.42. The van der Waals surface area contributed by atoms with Crippen LogP contribution in [0.5, 0.6) is 0 Å². The van der Waals surface area contributed by atoms with Crippen molar-refractivity contribution in [3.63, 3.8) is 0 Å². The first-order valence-corrected chi connectivity index (χ1v) is 11.1. The molecule has 3 saturated heterocycles. The third-order valence-corrected chi connectivity index (χ3v) is 6.72. The molecule has 4 rings (SSSR count). The second-order valence-corrected chi connectivity index (χ2v) is 8.84. The van der Waals surface area contributed by atoms with Gasteiger partial charge in [-0.1, -0.05) is 29.8 Å². The van der Waals surface area contributed by atoms with Crippen molar-refractivity contribution in [1.82, 2.24) is 15.1 Å². The Bertz CT molecular complexity index is 660. The summed E-state index contributed by atoms with van der Waals surface area (Å²) in [5.41, 5.74) is 3.08. The van der Waals surface area contributed by atoms with E-state index in [1.54, 1.807) is 0 Å². The van der Waals surface area contributed by atoms with Gasteiger partial charge < -0.3 is 15.0 Å². The average molecular weight is 385 g/mol. The molecule has 0 aliphatic carbocycles. The fourth-order valence-electron chi connectivity index (χ4n) is 4.96. The molecule has 1 aromatic carbocycles. The van der Waals surface area contributed by atoms with Gasteiger partial charge in [0.1, 0.15) is 0 Å². The number of ether oxygens (including phenoxy) is 1. The predicted octanol–water partition coefficient (Wildman–Crippen LogP) is 3.21. The molecule has 0 saturated carbocycles. The Kier molecular flexibility index (Phi) is 6.22. The Balaban J connectivity index is 1.50. The summed E-state index contributed by atoms with van der Waals surface area (Å²) in [4.78, 5) is 10.2. The van der Waals surface area contributed by atoms with Crippen LogP contribution in [0.25, 0.3) is 0 Å². The molecule has 28 heavy (non-hydrogen) atoms. The van der Waals surface area contributed by atoms with E-state index in [1.807, 2.05) is 0 Å². The Hall–Kier alpha value is -1.59. The first kappa shape index (κ1) is 19.7. The maximum atomic E-state index is 5.71. The van der Waals surface area contributed by atoms with Gasteiger partial charge >= 0.3 is 0 Å². The highest BCUT2D eigenvalue weighted by molar-refractivity contribution is 5.80. The monoisotopic (exact) mass is 384 g/mol. The summed E-state index contributed by atoms with van der Waals surface area (Å²) < 4.78 is 5.71. The van der Waals surface area contributed by atoms with Gasteiger partial charge in [0, 0.05) is 31.7 Å². The van der Waals surface area contributed by atoms with E-state index in [1.165, 1.54) is 49.9 Å². The second-order valence-electron chi connectivity index (χ2n) is 8.84. The number of nitrogens with one attached hydrogen (secondary N) is 1. The van der Waals surface area contributed by atoms with Crippen LogP contribution in [0.1, 0.15) is 49.8 Å². The number of likely N-dealkylation sites (tertiary alicyclic amines) is 2. The fraction of sp³-hybridized carbons (Fsp3) is 0.696. The highest BCUT2D eigenvalue weighted by Gasteiger charge is 2.42. The van der Waals surface area contributed by atoms with Crippen molar-refractivity contribution >= 4 is 5.96 Å². The van der Waals surface area contributed by atoms with E-state index in [4.69, 9.17) is 9.73 Å². The molecule has 0 bridgehead atoms. The Morgan fingerprint density at radius 2 is 1.96 bits per heavy atom. The second kappa shape index (κ2) is 8.83. The summed E-state index contributed by atoms with van der Waals surface area (Å²) in [6.07, 6.45) is 5.04. The van der Waals surface area contributed by atoms with Crippen LogP contribution in [0.2, 0.25) is 0 Å². The summed E-state index contributed by atoms with van der Waals surface area (Å²) in [5, 5.41) is 3.55. The van der Waals surface area contributed by atoms with Crippen molar-refractivity contribution < 1.29 is 4.74 Å². The van der Waals surface area contributed by atoms with Gasteiger partial charge in [0.25, 0.3) is 0 Å². The molecule has 5 heteroatoms. The molecule has 3 fully saturated rings. The minimum atomic E-state index is 0.363. The molecule has 1 spiro atoms. The van der Waals surface area contributed by atoms with Crippen LogP contribution in [-0.2, 0) is 4.74 Å². The summed E-state index contributed by atoms with van der Waals surface area (Å²) >= 11 is 0. The smallest absolute Gasteiger partial charge is 0.194 e. The van der Waals surface area contributed by atoms with Crippen molar-refractivity contribution in [2.24, 2.45) is 10.4 Å². The topological polar surface area (TPSA) is 40.1 Å². The molecule has 3 aliphatic heterocycles. The first-order chi connectivity index (χ1) is 13.7. The quantitative estimate of drug-likeness (QED) is 0.625. The molecule has 2 atom stereocenters. The first-order valence-electron chi connectivity index (χ1n) is 11.1. The van der Waals surface area contributed by atoms with Crippen LogP contribution in [0.15, 0.2) is 29.3 Å². The van der Waals surface area contributed by atoms with Crippen molar-refractivity contribution in [3.05, 3.63) is 35.4 Å².